The standard InChI is InChI=1S/C15H22F6N4O4/c1-8(26)10(5-3-7-24-13(29)15(19,20)21)25-11(27)9(22)4-2-6-23-12(28)14(16,17)18/h9-10H,2-7,22H2,1H3,(H,23,28)(H,24,29)(H,25,27)/t9-,10-/m0/s1. The first-order chi connectivity index (χ1) is 13.2. The highest BCUT2D eigenvalue weighted by Crippen LogP contribution is 2.14. The van der Waals surface area contributed by atoms with Crippen LogP contribution < -0.4 is 21.7 Å². The summed E-state index contributed by atoms with van der Waals surface area (Å²) < 4.78 is 72.1. The molecule has 0 fully saturated rings. The monoisotopic (exact) mass is 436 g/mol. The van der Waals surface area contributed by atoms with Gasteiger partial charge in [0.2, 0.25) is 5.91 Å². The summed E-state index contributed by atoms with van der Waals surface area (Å²) in [6, 6.07) is -2.23. The lowest BCUT2D eigenvalue weighted by molar-refractivity contribution is -0.173. The van der Waals surface area contributed by atoms with Crippen molar-refractivity contribution in [1.82, 2.24) is 16.0 Å². The molecule has 2 atom stereocenters. The van der Waals surface area contributed by atoms with Crippen LogP contribution in [0.2, 0.25) is 0 Å². The molecule has 3 amide bonds. The minimum Gasteiger partial charge on any atom is -0.348 e. The quantitative estimate of drug-likeness (QED) is 0.274. The van der Waals surface area contributed by atoms with Gasteiger partial charge in [0.25, 0.3) is 0 Å². The van der Waals surface area contributed by atoms with Crippen LogP contribution in [0.5, 0.6) is 0 Å². The number of rotatable bonds is 11. The predicted molar refractivity (Wildman–Crippen MR) is 87.2 cm³/mol. The zero-order chi connectivity index (χ0) is 22.8. The summed E-state index contributed by atoms with van der Waals surface area (Å²) in [5.41, 5.74) is 5.57. The highest BCUT2D eigenvalue weighted by atomic mass is 19.4. The van der Waals surface area contributed by atoms with Crippen LogP contribution in [0.25, 0.3) is 0 Å². The Kier molecular flexibility index (Phi) is 10.6. The fourth-order valence-corrected chi connectivity index (χ4v) is 2.02. The van der Waals surface area contributed by atoms with E-state index in [0.717, 1.165) is 6.92 Å². The van der Waals surface area contributed by atoms with E-state index in [1.54, 1.807) is 10.6 Å². The van der Waals surface area contributed by atoms with Gasteiger partial charge in [-0.2, -0.15) is 26.3 Å². The van der Waals surface area contributed by atoms with Gasteiger partial charge in [-0.1, -0.05) is 0 Å². The molecule has 0 bridgehead atoms. The Labute approximate surface area is 161 Å². The Morgan fingerprint density at radius 2 is 1.24 bits per heavy atom. The third-order valence-corrected chi connectivity index (χ3v) is 3.59. The van der Waals surface area contributed by atoms with Gasteiger partial charge in [0.05, 0.1) is 12.1 Å². The topological polar surface area (TPSA) is 130 Å². The van der Waals surface area contributed by atoms with Gasteiger partial charge in [-0.3, -0.25) is 19.2 Å². The number of hydrogen-bond acceptors (Lipinski definition) is 5. The molecular formula is C15H22F6N4O4. The van der Waals surface area contributed by atoms with Crippen molar-refractivity contribution in [3.05, 3.63) is 0 Å². The molecule has 5 N–H and O–H groups in total. The first kappa shape index (κ1) is 26.6. The Hall–Kier alpha value is -2.38. The second-order valence-electron chi connectivity index (χ2n) is 6.07. The van der Waals surface area contributed by atoms with Gasteiger partial charge in [-0.15, -0.1) is 0 Å². The van der Waals surface area contributed by atoms with Gasteiger partial charge in [0.1, 0.15) is 0 Å². The second kappa shape index (κ2) is 11.6. The van der Waals surface area contributed by atoms with Gasteiger partial charge < -0.3 is 21.7 Å². The van der Waals surface area contributed by atoms with E-state index in [-0.39, 0.29) is 38.8 Å². The second-order valence-corrected chi connectivity index (χ2v) is 6.07. The summed E-state index contributed by atoms with van der Waals surface area (Å²) in [6.07, 6.45) is -10.3. The molecule has 0 saturated carbocycles. The molecule has 0 aromatic rings. The number of halogens is 6. The number of Topliss-reactive ketones (excluding diaryl/α,β-unsaturated/α-hetero) is 1. The van der Waals surface area contributed by atoms with Gasteiger partial charge in [-0.05, 0) is 32.6 Å². The third kappa shape index (κ3) is 11.3. The molecule has 0 heterocycles. The summed E-state index contributed by atoms with van der Waals surface area (Å²) in [7, 11) is 0. The van der Waals surface area contributed by atoms with Crippen LogP contribution in [0.4, 0.5) is 26.3 Å². The molecule has 0 aromatic heterocycles. The molecule has 0 unspecified atom stereocenters. The number of carbonyl (C=O) groups excluding carboxylic acids is 4. The largest absolute Gasteiger partial charge is 0.471 e. The molecule has 0 aromatic carbocycles. The summed E-state index contributed by atoms with van der Waals surface area (Å²) in [6.45, 7) is 0.398. The Balaban J connectivity index is 4.30. The van der Waals surface area contributed by atoms with Crippen LogP contribution in [0.15, 0.2) is 0 Å². The highest BCUT2D eigenvalue weighted by Gasteiger charge is 2.38. The summed E-state index contributed by atoms with van der Waals surface area (Å²) >= 11 is 0. The van der Waals surface area contributed by atoms with Crippen LogP contribution in [0, 0.1) is 0 Å². The van der Waals surface area contributed by atoms with Crippen molar-refractivity contribution in [3.8, 4) is 0 Å². The lowest BCUT2D eigenvalue weighted by atomic mass is 10.1. The van der Waals surface area contributed by atoms with Crippen molar-refractivity contribution in [3.63, 3.8) is 0 Å². The number of carbonyl (C=O) groups is 4. The molecular weight excluding hydrogens is 414 g/mol. The highest BCUT2D eigenvalue weighted by molar-refractivity contribution is 5.89. The average molecular weight is 436 g/mol. The first-order valence-electron chi connectivity index (χ1n) is 8.42. The first-order valence-corrected chi connectivity index (χ1v) is 8.42. The van der Waals surface area contributed by atoms with Crippen LogP contribution in [-0.4, -0.2) is 61.0 Å². The zero-order valence-electron chi connectivity index (χ0n) is 15.4. The van der Waals surface area contributed by atoms with Crippen LogP contribution >= 0.6 is 0 Å². The summed E-state index contributed by atoms with van der Waals surface area (Å²) in [5.74, 6) is -5.53. The van der Waals surface area contributed by atoms with Gasteiger partial charge in [0.15, 0.2) is 5.78 Å². The average Bonchev–Trinajstić information content (AvgIpc) is 2.58. The van der Waals surface area contributed by atoms with Crippen LogP contribution in [-0.2, 0) is 19.2 Å². The SMILES string of the molecule is CC(=O)[C@H](CCCNC(=O)C(F)(F)F)NC(=O)[C@@H](N)CCCNC(=O)C(F)(F)F. The molecule has 0 rings (SSSR count). The van der Waals surface area contributed by atoms with Crippen molar-refractivity contribution < 1.29 is 45.5 Å². The van der Waals surface area contributed by atoms with Gasteiger partial charge >= 0.3 is 24.2 Å². The normalized spacial score (nSPS) is 13.9. The van der Waals surface area contributed by atoms with E-state index in [1.165, 1.54) is 0 Å². The van der Waals surface area contributed by atoms with E-state index >= 15 is 0 Å². The maximum absolute atomic E-state index is 12.0. The van der Waals surface area contributed by atoms with Crippen LogP contribution in [0.3, 0.4) is 0 Å². The van der Waals surface area contributed by atoms with Crippen molar-refractivity contribution >= 4 is 23.5 Å². The van der Waals surface area contributed by atoms with E-state index < -0.39 is 47.9 Å². The van der Waals surface area contributed by atoms with E-state index in [0.29, 0.717) is 0 Å². The number of hydrogen-bond donors (Lipinski definition) is 4. The number of amides is 3. The maximum atomic E-state index is 12.0. The lowest BCUT2D eigenvalue weighted by Crippen LogP contribution is -2.48. The molecule has 0 radical (unpaired) electrons. The number of alkyl halides is 6. The molecule has 0 aliphatic rings. The fourth-order valence-electron chi connectivity index (χ4n) is 2.02. The van der Waals surface area contributed by atoms with E-state index in [4.69, 9.17) is 5.73 Å². The molecule has 29 heavy (non-hydrogen) atoms. The smallest absolute Gasteiger partial charge is 0.348 e. The van der Waals surface area contributed by atoms with E-state index in [9.17, 15) is 45.5 Å². The molecule has 0 aliphatic heterocycles. The van der Waals surface area contributed by atoms with Gasteiger partial charge in [0, 0.05) is 13.1 Å². The zero-order valence-corrected chi connectivity index (χ0v) is 15.4. The number of ketones is 1. The number of nitrogens with one attached hydrogen (secondary N) is 3. The summed E-state index contributed by atoms with van der Waals surface area (Å²) in [5, 5.41) is 5.52. The third-order valence-electron chi connectivity index (χ3n) is 3.59. The Morgan fingerprint density at radius 1 is 0.828 bits per heavy atom. The molecule has 0 aliphatic carbocycles. The van der Waals surface area contributed by atoms with Crippen molar-refractivity contribution in [2.45, 2.75) is 57.0 Å². The van der Waals surface area contributed by atoms with E-state index in [1.807, 2.05) is 0 Å². The number of nitrogens with two attached hydrogens (primary N) is 1. The molecule has 0 spiro atoms. The maximum Gasteiger partial charge on any atom is 0.471 e. The van der Waals surface area contributed by atoms with Crippen molar-refractivity contribution in [1.29, 1.82) is 0 Å². The lowest BCUT2D eigenvalue weighted by Gasteiger charge is -2.19. The predicted octanol–water partition coefficient (Wildman–Crippen LogP) is 0.305. The molecule has 14 heteroatoms. The molecule has 168 valence electrons. The van der Waals surface area contributed by atoms with E-state index in [2.05, 4.69) is 5.32 Å². The van der Waals surface area contributed by atoms with Crippen LogP contribution in [0.1, 0.15) is 32.6 Å². The molecule has 0 saturated heterocycles. The Bertz CT molecular complexity index is 594. The minimum absolute atomic E-state index is 0.0366. The summed E-state index contributed by atoms with van der Waals surface area (Å²) in [4.78, 5) is 44.8. The Morgan fingerprint density at radius 3 is 1.62 bits per heavy atom. The van der Waals surface area contributed by atoms with Gasteiger partial charge in [-0.25, -0.2) is 0 Å². The fraction of sp³-hybridized carbons (Fsp3) is 0.733. The molecule has 8 nitrogen and oxygen atoms in total. The minimum atomic E-state index is -5.03. The van der Waals surface area contributed by atoms with Crippen molar-refractivity contribution in [2.24, 2.45) is 5.73 Å². The van der Waals surface area contributed by atoms with Crippen molar-refractivity contribution in [2.75, 3.05) is 13.1 Å².